The molecule has 0 unspecified atom stereocenters. The van der Waals surface area contributed by atoms with E-state index in [1.54, 1.807) is 23.1 Å². The maximum atomic E-state index is 12.4. The number of nitrogens with zero attached hydrogens (tertiary/aromatic N) is 1. The molecule has 9 heteroatoms. The van der Waals surface area contributed by atoms with Crippen LogP contribution in [0.25, 0.3) is 6.08 Å². The fourth-order valence-corrected chi connectivity index (χ4v) is 4.63. The molecule has 1 aromatic heterocycles. The second-order valence-corrected chi connectivity index (χ2v) is 7.80. The number of nitrogens with one attached hydrogen (secondary N) is 1. The number of anilines is 1. The van der Waals surface area contributed by atoms with Gasteiger partial charge in [0.15, 0.2) is 11.5 Å². The maximum absolute atomic E-state index is 12.4. The second kappa shape index (κ2) is 7.59. The first-order valence-electron chi connectivity index (χ1n) is 9.01. The number of ether oxygens (including phenoxy) is 2. The highest BCUT2D eigenvalue weighted by Gasteiger charge is 2.28. The van der Waals surface area contributed by atoms with Crippen molar-refractivity contribution in [1.29, 1.82) is 0 Å². The van der Waals surface area contributed by atoms with Crippen LogP contribution in [0.15, 0.2) is 24.3 Å². The van der Waals surface area contributed by atoms with Crippen molar-refractivity contribution in [3.63, 3.8) is 0 Å². The lowest BCUT2D eigenvalue weighted by Crippen LogP contribution is -2.34. The molecule has 150 valence electrons. The largest absolute Gasteiger partial charge is 0.454 e. The second-order valence-electron chi connectivity index (χ2n) is 6.70. The van der Waals surface area contributed by atoms with Crippen molar-refractivity contribution < 1.29 is 23.9 Å². The molecule has 0 spiro atoms. The molecular weight excluding hydrogens is 394 g/mol. The van der Waals surface area contributed by atoms with Crippen molar-refractivity contribution in [2.24, 2.45) is 5.73 Å². The van der Waals surface area contributed by atoms with Gasteiger partial charge in [-0.2, -0.15) is 0 Å². The zero-order valence-electron chi connectivity index (χ0n) is 15.7. The summed E-state index contributed by atoms with van der Waals surface area (Å²) in [4.78, 5) is 38.6. The summed E-state index contributed by atoms with van der Waals surface area (Å²) in [6.07, 6.45) is 3.56. The van der Waals surface area contributed by atoms with Crippen molar-refractivity contribution in [3.8, 4) is 11.5 Å². The average Bonchev–Trinajstić information content (AvgIpc) is 3.28. The molecule has 1 aromatic carbocycles. The first-order valence-corrected chi connectivity index (χ1v) is 9.82. The van der Waals surface area contributed by atoms with Gasteiger partial charge in [0.05, 0.1) is 12.1 Å². The van der Waals surface area contributed by atoms with Gasteiger partial charge >= 0.3 is 0 Å². The molecule has 2 aliphatic heterocycles. The van der Waals surface area contributed by atoms with Gasteiger partial charge < -0.3 is 25.4 Å². The minimum atomic E-state index is -0.589. The van der Waals surface area contributed by atoms with Gasteiger partial charge in [-0.1, -0.05) is 6.07 Å². The molecular formula is C20H19N3O5S. The smallest absolute Gasteiger partial charge is 0.251 e. The Morgan fingerprint density at radius 3 is 2.79 bits per heavy atom. The Kier molecular flexibility index (Phi) is 4.98. The molecule has 29 heavy (non-hydrogen) atoms. The number of nitrogens with two attached hydrogens (primary N) is 1. The first-order chi connectivity index (χ1) is 13.9. The number of hydrogen-bond acceptors (Lipinski definition) is 6. The zero-order valence-corrected chi connectivity index (χ0v) is 16.5. The van der Waals surface area contributed by atoms with E-state index in [2.05, 4.69) is 5.32 Å². The first kappa shape index (κ1) is 19.0. The highest BCUT2D eigenvalue weighted by atomic mass is 32.1. The molecule has 3 amide bonds. The van der Waals surface area contributed by atoms with E-state index in [9.17, 15) is 14.4 Å². The van der Waals surface area contributed by atoms with E-state index in [-0.39, 0.29) is 18.6 Å². The number of hydrogen-bond donors (Lipinski definition) is 2. The summed E-state index contributed by atoms with van der Waals surface area (Å²) >= 11 is 1.28. The van der Waals surface area contributed by atoms with Crippen molar-refractivity contribution in [2.75, 3.05) is 18.7 Å². The maximum Gasteiger partial charge on any atom is 0.251 e. The Labute approximate surface area is 170 Å². The Bertz CT molecular complexity index is 1040. The highest BCUT2D eigenvalue weighted by molar-refractivity contribution is 7.17. The van der Waals surface area contributed by atoms with Crippen LogP contribution in [0.2, 0.25) is 0 Å². The molecule has 0 saturated carbocycles. The summed E-state index contributed by atoms with van der Waals surface area (Å²) in [5.74, 6) is 0.300. The zero-order chi connectivity index (χ0) is 20.5. The van der Waals surface area contributed by atoms with Crippen LogP contribution in [-0.2, 0) is 22.6 Å². The quantitative estimate of drug-likeness (QED) is 0.746. The molecule has 0 atom stereocenters. The van der Waals surface area contributed by atoms with Gasteiger partial charge in [0, 0.05) is 24.4 Å². The summed E-state index contributed by atoms with van der Waals surface area (Å²) in [6.45, 7) is 2.63. The Balaban J connectivity index is 1.52. The van der Waals surface area contributed by atoms with E-state index in [4.69, 9.17) is 15.2 Å². The van der Waals surface area contributed by atoms with Crippen LogP contribution < -0.4 is 20.5 Å². The van der Waals surface area contributed by atoms with Gasteiger partial charge in [-0.05, 0) is 35.8 Å². The van der Waals surface area contributed by atoms with E-state index >= 15 is 0 Å². The SMILES string of the molecule is CC(=O)N1CCc2c(sc(NC(=O)/C=C/c3ccc4c(c3)OCO4)c2C(N)=O)C1. The molecule has 3 heterocycles. The van der Waals surface area contributed by atoms with Gasteiger partial charge in [0.2, 0.25) is 18.6 Å². The lowest BCUT2D eigenvalue weighted by Gasteiger charge is -2.25. The van der Waals surface area contributed by atoms with E-state index in [0.29, 0.717) is 41.6 Å². The summed E-state index contributed by atoms with van der Waals surface area (Å²) in [6, 6.07) is 5.37. The predicted molar refractivity (Wildman–Crippen MR) is 108 cm³/mol. The van der Waals surface area contributed by atoms with E-state index < -0.39 is 5.91 Å². The monoisotopic (exact) mass is 413 g/mol. The Morgan fingerprint density at radius 1 is 1.24 bits per heavy atom. The molecule has 0 radical (unpaired) electrons. The summed E-state index contributed by atoms with van der Waals surface area (Å²) < 4.78 is 10.6. The van der Waals surface area contributed by atoms with Gasteiger partial charge in [-0.15, -0.1) is 11.3 Å². The number of rotatable bonds is 4. The van der Waals surface area contributed by atoms with E-state index in [1.807, 2.05) is 6.07 Å². The average molecular weight is 413 g/mol. The van der Waals surface area contributed by atoms with Crippen LogP contribution >= 0.6 is 11.3 Å². The molecule has 4 rings (SSSR count). The standard InChI is InChI=1S/C20H19N3O5S/c1-11(24)23-7-6-13-16(9-23)29-20(18(13)19(21)26)22-17(25)5-3-12-2-4-14-15(8-12)28-10-27-14/h2-5,8H,6-7,9-10H2,1H3,(H2,21,26)(H,22,25)/b5-3+. The number of fused-ring (bicyclic) bond motifs is 2. The van der Waals surface area contributed by atoms with Gasteiger partial charge in [-0.3, -0.25) is 14.4 Å². The summed E-state index contributed by atoms with van der Waals surface area (Å²) in [5, 5.41) is 3.16. The molecule has 2 aliphatic rings. The molecule has 3 N–H and O–H groups in total. The predicted octanol–water partition coefficient (Wildman–Crippen LogP) is 2.13. The van der Waals surface area contributed by atoms with E-state index in [1.165, 1.54) is 24.3 Å². The number of carbonyl (C=O) groups excluding carboxylic acids is 3. The van der Waals surface area contributed by atoms with Crippen molar-refractivity contribution >= 4 is 40.1 Å². The summed E-state index contributed by atoms with van der Waals surface area (Å²) in [5.41, 5.74) is 7.49. The van der Waals surface area contributed by atoms with Crippen molar-refractivity contribution in [2.45, 2.75) is 19.9 Å². The molecule has 0 aliphatic carbocycles. The van der Waals surface area contributed by atoms with Crippen molar-refractivity contribution in [3.05, 3.63) is 45.8 Å². The summed E-state index contributed by atoms with van der Waals surface area (Å²) in [7, 11) is 0. The van der Waals surface area contributed by atoms with Gasteiger partial charge in [0.25, 0.3) is 5.91 Å². The molecule has 2 aromatic rings. The third kappa shape index (κ3) is 3.81. The molecule has 0 fully saturated rings. The van der Waals surface area contributed by atoms with Crippen LogP contribution in [0.4, 0.5) is 5.00 Å². The van der Waals surface area contributed by atoms with Gasteiger partial charge in [0.1, 0.15) is 5.00 Å². The van der Waals surface area contributed by atoms with Crippen molar-refractivity contribution in [1.82, 2.24) is 4.90 Å². The molecule has 0 saturated heterocycles. The van der Waals surface area contributed by atoms with Crippen LogP contribution in [-0.4, -0.2) is 36.0 Å². The molecule has 0 bridgehead atoms. The number of amides is 3. The Morgan fingerprint density at radius 2 is 2.03 bits per heavy atom. The number of primary amides is 1. The van der Waals surface area contributed by atoms with Crippen LogP contribution in [0.1, 0.15) is 33.3 Å². The third-order valence-corrected chi connectivity index (χ3v) is 5.94. The van der Waals surface area contributed by atoms with Gasteiger partial charge in [-0.25, -0.2) is 0 Å². The topological polar surface area (TPSA) is 111 Å². The lowest BCUT2D eigenvalue weighted by atomic mass is 10.0. The fourth-order valence-electron chi connectivity index (χ4n) is 3.36. The van der Waals surface area contributed by atoms with E-state index in [0.717, 1.165) is 16.0 Å². The minimum Gasteiger partial charge on any atom is -0.454 e. The van der Waals surface area contributed by atoms with Crippen LogP contribution in [0.5, 0.6) is 11.5 Å². The third-order valence-electron chi connectivity index (χ3n) is 4.81. The number of thiophene rings is 1. The minimum absolute atomic E-state index is 0.0260. The number of benzene rings is 1. The Hall–Kier alpha value is -3.33. The highest BCUT2D eigenvalue weighted by Crippen LogP contribution is 2.37. The van der Waals surface area contributed by atoms with Crippen LogP contribution in [0.3, 0.4) is 0 Å². The number of carbonyl (C=O) groups is 3. The fraction of sp³-hybridized carbons (Fsp3) is 0.250. The lowest BCUT2D eigenvalue weighted by molar-refractivity contribution is -0.129. The van der Waals surface area contributed by atoms with Crippen LogP contribution in [0, 0.1) is 0 Å². The molecule has 8 nitrogen and oxygen atoms in total. The normalized spacial score (nSPS) is 14.7.